The van der Waals surface area contributed by atoms with Crippen molar-refractivity contribution in [3.05, 3.63) is 59.4 Å². The van der Waals surface area contributed by atoms with Crippen molar-refractivity contribution < 1.29 is 19.1 Å². The van der Waals surface area contributed by atoms with Gasteiger partial charge in [-0.1, -0.05) is 12.1 Å². The van der Waals surface area contributed by atoms with Gasteiger partial charge in [-0.3, -0.25) is 4.79 Å². The Hall–Kier alpha value is -2.89. The number of rotatable bonds is 3. The number of nitrogens with two attached hydrogens (primary N) is 1. The number of amides is 1. The third kappa shape index (κ3) is 2.84. The predicted molar refractivity (Wildman–Crippen MR) is 76.9 cm³/mol. The van der Waals surface area contributed by atoms with E-state index in [2.05, 4.69) is 0 Å². The number of carboxylic acid groups (broad SMARTS) is 1. The molecular formula is C15H13FN2O3. The van der Waals surface area contributed by atoms with Crippen molar-refractivity contribution in [2.24, 2.45) is 0 Å². The first-order valence-electron chi connectivity index (χ1n) is 6.07. The van der Waals surface area contributed by atoms with Gasteiger partial charge in [-0.15, -0.1) is 0 Å². The smallest absolute Gasteiger partial charge is 0.335 e. The molecule has 2 aromatic carbocycles. The summed E-state index contributed by atoms with van der Waals surface area (Å²) in [6, 6.07) is 9.61. The van der Waals surface area contributed by atoms with Crippen molar-refractivity contribution in [3.8, 4) is 0 Å². The lowest BCUT2D eigenvalue weighted by atomic mass is 10.1. The summed E-state index contributed by atoms with van der Waals surface area (Å²) in [4.78, 5) is 24.3. The van der Waals surface area contributed by atoms with Crippen molar-refractivity contribution in [1.29, 1.82) is 0 Å². The number of nitrogens with zero attached hydrogens (tertiary/aromatic N) is 1. The van der Waals surface area contributed by atoms with Crippen molar-refractivity contribution in [2.45, 2.75) is 0 Å². The molecule has 0 radical (unpaired) electrons. The molecule has 0 bridgehead atoms. The largest absolute Gasteiger partial charge is 0.478 e. The fourth-order valence-electron chi connectivity index (χ4n) is 1.92. The summed E-state index contributed by atoms with van der Waals surface area (Å²) in [7, 11) is 1.45. The molecule has 0 aliphatic heterocycles. The summed E-state index contributed by atoms with van der Waals surface area (Å²) < 4.78 is 13.6. The summed E-state index contributed by atoms with van der Waals surface area (Å²) in [5.41, 5.74) is 6.14. The van der Waals surface area contributed by atoms with Crippen LogP contribution in [0.15, 0.2) is 42.5 Å². The van der Waals surface area contributed by atoms with E-state index in [-0.39, 0.29) is 16.8 Å². The summed E-state index contributed by atoms with van der Waals surface area (Å²) in [5.74, 6) is -2.31. The molecule has 0 aliphatic carbocycles. The highest BCUT2D eigenvalue weighted by Crippen LogP contribution is 2.25. The molecule has 1 amide bonds. The minimum absolute atomic E-state index is 0.0167. The van der Waals surface area contributed by atoms with E-state index in [4.69, 9.17) is 10.8 Å². The number of halogens is 1. The average Bonchev–Trinajstić information content (AvgIpc) is 2.46. The van der Waals surface area contributed by atoms with Gasteiger partial charge in [0.2, 0.25) is 0 Å². The van der Waals surface area contributed by atoms with Gasteiger partial charge in [-0.2, -0.15) is 0 Å². The number of carbonyl (C=O) groups excluding carboxylic acids is 1. The zero-order valence-corrected chi connectivity index (χ0v) is 11.2. The monoisotopic (exact) mass is 288 g/mol. The van der Waals surface area contributed by atoms with Gasteiger partial charge in [-0.05, 0) is 30.3 Å². The predicted octanol–water partition coefficient (Wildman–Crippen LogP) is 2.38. The van der Waals surface area contributed by atoms with Gasteiger partial charge in [0.05, 0.1) is 22.5 Å². The van der Waals surface area contributed by atoms with E-state index in [1.165, 1.54) is 48.3 Å². The van der Waals surface area contributed by atoms with Crippen LogP contribution in [0.5, 0.6) is 0 Å². The lowest BCUT2D eigenvalue weighted by Gasteiger charge is -2.19. The molecule has 0 fully saturated rings. The fraction of sp³-hybridized carbons (Fsp3) is 0.0667. The Labute approximate surface area is 120 Å². The van der Waals surface area contributed by atoms with Crippen LogP contribution in [0.25, 0.3) is 0 Å². The molecule has 0 atom stereocenters. The van der Waals surface area contributed by atoms with E-state index >= 15 is 0 Å². The van der Waals surface area contributed by atoms with Crippen LogP contribution < -0.4 is 10.6 Å². The molecule has 2 rings (SSSR count). The molecule has 6 heteroatoms. The Morgan fingerprint density at radius 1 is 1.19 bits per heavy atom. The molecule has 0 heterocycles. The van der Waals surface area contributed by atoms with Gasteiger partial charge in [0.1, 0.15) is 5.82 Å². The molecule has 2 aromatic rings. The molecule has 0 aromatic heterocycles. The SMILES string of the molecule is CN(C(=O)c1ccccc1F)c1ccc(C(=O)O)cc1N. The lowest BCUT2D eigenvalue weighted by Crippen LogP contribution is -2.28. The van der Waals surface area contributed by atoms with Crippen LogP contribution in [0.1, 0.15) is 20.7 Å². The van der Waals surface area contributed by atoms with Crippen LogP contribution in [0.4, 0.5) is 15.8 Å². The highest BCUT2D eigenvalue weighted by Gasteiger charge is 2.19. The van der Waals surface area contributed by atoms with Gasteiger partial charge in [0.15, 0.2) is 0 Å². The van der Waals surface area contributed by atoms with E-state index in [0.717, 1.165) is 0 Å². The molecule has 0 aliphatic rings. The van der Waals surface area contributed by atoms with Crippen molar-refractivity contribution >= 4 is 23.3 Å². The zero-order valence-electron chi connectivity index (χ0n) is 11.2. The lowest BCUT2D eigenvalue weighted by molar-refractivity contribution is 0.0696. The Kier molecular flexibility index (Phi) is 3.89. The van der Waals surface area contributed by atoms with Crippen LogP contribution in [0.3, 0.4) is 0 Å². The maximum Gasteiger partial charge on any atom is 0.335 e. The summed E-state index contributed by atoms with van der Waals surface area (Å²) in [6.45, 7) is 0. The molecule has 3 N–H and O–H groups in total. The van der Waals surface area contributed by atoms with Crippen molar-refractivity contribution in [1.82, 2.24) is 0 Å². The summed E-state index contributed by atoms with van der Waals surface area (Å²) >= 11 is 0. The van der Waals surface area contributed by atoms with Crippen molar-refractivity contribution in [3.63, 3.8) is 0 Å². The highest BCUT2D eigenvalue weighted by atomic mass is 19.1. The third-order valence-corrected chi connectivity index (χ3v) is 3.04. The Morgan fingerprint density at radius 3 is 2.43 bits per heavy atom. The van der Waals surface area contributed by atoms with Crippen LogP contribution in [0.2, 0.25) is 0 Å². The molecule has 108 valence electrons. The topological polar surface area (TPSA) is 83.6 Å². The average molecular weight is 288 g/mol. The zero-order chi connectivity index (χ0) is 15.6. The number of hydrogen-bond acceptors (Lipinski definition) is 3. The second-order valence-corrected chi connectivity index (χ2v) is 4.42. The van der Waals surface area contributed by atoms with Crippen LogP contribution in [-0.4, -0.2) is 24.0 Å². The van der Waals surface area contributed by atoms with Gasteiger partial charge in [0, 0.05) is 7.05 Å². The van der Waals surface area contributed by atoms with E-state index < -0.39 is 17.7 Å². The van der Waals surface area contributed by atoms with Gasteiger partial charge >= 0.3 is 5.97 Å². The quantitative estimate of drug-likeness (QED) is 0.849. The molecule has 5 nitrogen and oxygen atoms in total. The molecule has 0 unspecified atom stereocenters. The Morgan fingerprint density at radius 2 is 1.86 bits per heavy atom. The molecule has 21 heavy (non-hydrogen) atoms. The number of carbonyl (C=O) groups is 2. The van der Waals surface area contributed by atoms with E-state index in [0.29, 0.717) is 5.69 Å². The summed E-state index contributed by atoms with van der Waals surface area (Å²) in [5, 5.41) is 8.88. The number of anilines is 2. The van der Waals surface area contributed by atoms with Gasteiger partial charge < -0.3 is 15.7 Å². The summed E-state index contributed by atoms with van der Waals surface area (Å²) in [6.07, 6.45) is 0. The van der Waals surface area contributed by atoms with E-state index in [9.17, 15) is 14.0 Å². The molecule has 0 saturated carbocycles. The van der Waals surface area contributed by atoms with Crippen molar-refractivity contribution in [2.75, 3.05) is 17.7 Å². The first-order valence-corrected chi connectivity index (χ1v) is 6.07. The molecule has 0 saturated heterocycles. The maximum absolute atomic E-state index is 13.6. The number of hydrogen-bond donors (Lipinski definition) is 2. The first-order chi connectivity index (χ1) is 9.91. The van der Waals surface area contributed by atoms with Gasteiger partial charge in [-0.25, -0.2) is 9.18 Å². The number of benzene rings is 2. The number of aromatic carboxylic acids is 1. The normalized spacial score (nSPS) is 10.2. The van der Waals surface area contributed by atoms with Crippen LogP contribution >= 0.6 is 0 Å². The molecular weight excluding hydrogens is 275 g/mol. The van der Waals surface area contributed by atoms with Crippen LogP contribution in [0, 0.1) is 5.82 Å². The van der Waals surface area contributed by atoms with E-state index in [1.54, 1.807) is 6.07 Å². The highest BCUT2D eigenvalue weighted by molar-refractivity contribution is 6.07. The first kappa shape index (κ1) is 14.5. The standard InChI is InChI=1S/C15H13FN2O3/c1-18(14(19)10-4-2-3-5-11(10)16)13-7-6-9(15(20)21)8-12(13)17/h2-8H,17H2,1H3,(H,20,21). The Balaban J connectivity index is 2.36. The fourth-order valence-corrected chi connectivity index (χ4v) is 1.92. The second kappa shape index (κ2) is 5.62. The Bertz CT molecular complexity index is 716. The second-order valence-electron chi connectivity index (χ2n) is 4.42. The van der Waals surface area contributed by atoms with Crippen LogP contribution in [-0.2, 0) is 0 Å². The number of carboxylic acids is 1. The number of nitrogen functional groups attached to an aromatic ring is 1. The maximum atomic E-state index is 13.6. The molecule has 0 spiro atoms. The van der Waals surface area contributed by atoms with E-state index in [1.807, 2.05) is 0 Å². The van der Waals surface area contributed by atoms with Gasteiger partial charge in [0.25, 0.3) is 5.91 Å². The minimum atomic E-state index is -1.11. The minimum Gasteiger partial charge on any atom is -0.478 e. The third-order valence-electron chi connectivity index (χ3n) is 3.04.